The average molecular weight is 659 g/mol. The highest BCUT2D eigenvalue weighted by atomic mass is 32.1. The predicted molar refractivity (Wildman–Crippen MR) is 205 cm³/mol. The summed E-state index contributed by atoms with van der Waals surface area (Å²) in [6.45, 7) is 0. The fraction of sp³-hybridized carbons (Fsp3) is 0. The number of aromatic nitrogens is 4. The fourth-order valence-corrected chi connectivity index (χ4v) is 7.93. The second kappa shape index (κ2) is 11.6. The lowest BCUT2D eigenvalue weighted by atomic mass is 9.94. The number of nitrogens with zero attached hydrogens (tertiary/aromatic N) is 4. The van der Waals surface area contributed by atoms with Crippen LogP contribution in [0.3, 0.4) is 0 Å². The standard InChI is InChI=1S/C44H26N4OS/c1-4-12-27(13-5-1)41-46-42(28-14-6-2-7-15-28)48-43(47-41)34-21-11-19-32-31(18-10-20-33(32)34)30-22-23-35-38(26-30)49-37-25-24-36-40(39(35)37)50-44(45-36)29-16-8-3-9-17-29/h1-26H. The van der Waals surface area contributed by atoms with E-state index in [1.807, 2.05) is 72.8 Å². The van der Waals surface area contributed by atoms with Crippen molar-refractivity contribution in [3.05, 3.63) is 158 Å². The highest BCUT2D eigenvalue weighted by Gasteiger charge is 2.18. The molecule has 50 heavy (non-hydrogen) atoms. The molecule has 10 rings (SSSR count). The third-order valence-electron chi connectivity index (χ3n) is 9.18. The van der Waals surface area contributed by atoms with E-state index in [0.717, 1.165) is 81.3 Å². The van der Waals surface area contributed by atoms with E-state index in [2.05, 4.69) is 84.9 Å². The largest absolute Gasteiger partial charge is 0.456 e. The lowest BCUT2D eigenvalue weighted by Gasteiger charge is -2.12. The van der Waals surface area contributed by atoms with Crippen LogP contribution in [0.2, 0.25) is 0 Å². The van der Waals surface area contributed by atoms with Crippen LogP contribution in [0.25, 0.3) is 98.8 Å². The van der Waals surface area contributed by atoms with Gasteiger partial charge in [-0.05, 0) is 46.2 Å². The molecule has 0 radical (unpaired) electrons. The lowest BCUT2D eigenvalue weighted by molar-refractivity contribution is 0.669. The van der Waals surface area contributed by atoms with E-state index < -0.39 is 0 Å². The van der Waals surface area contributed by atoms with Crippen LogP contribution in [0.4, 0.5) is 0 Å². The van der Waals surface area contributed by atoms with Crippen molar-refractivity contribution in [2.75, 3.05) is 0 Å². The van der Waals surface area contributed by atoms with Crippen molar-refractivity contribution in [3.63, 3.8) is 0 Å². The van der Waals surface area contributed by atoms with Gasteiger partial charge >= 0.3 is 0 Å². The molecule has 0 N–H and O–H groups in total. The van der Waals surface area contributed by atoms with Crippen molar-refractivity contribution in [1.29, 1.82) is 0 Å². The van der Waals surface area contributed by atoms with Gasteiger partial charge in [0.15, 0.2) is 17.5 Å². The maximum absolute atomic E-state index is 6.51. The van der Waals surface area contributed by atoms with Gasteiger partial charge < -0.3 is 4.42 Å². The summed E-state index contributed by atoms with van der Waals surface area (Å²) in [5.74, 6) is 1.92. The first-order valence-electron chi connectivity index (χ1n) is 16.5. The zero-order valence-electron chi connectivity index (χ0n) is 26.6. The first-order chi connectivity index (χ1) is 24.8. The molecule has 234 valence electrons. The summed E-state index contributed by atoms with van der Waals surface area (Å²) in [5, 5.41) is 5.39. The SMILES string of the molecule is c1ccc(-c2nc(-c3ccccc3)nc(-c3cccc4c(-c5ccc6c(c5)oc5ccc7nc(-c8ccccc8)sc7c56)cccc34)n2)cc1. The van der Waals surface area contributed by atoms with Gasteiger partial charge in [0.2, 0.25) is 0 Å². The van der Waals surface area contributed by atoms with Crippen LogP contribution in [-0.4, -0.2) is 19.9 Å². The number of fused-ring (bicyclic) bond motifs is 6. The number of benzene rings is 7. The number of hydrogen-bond acceptors (Lipinski definition) is 6. The average Bonchev–Trinajstić information content (AvgIpc) is 3.80. The van der Waals surface area contributed by atoms with Crippen LogP contribution in [-0.2, 0) is 0 Å². The van der Waals surface area contributed by atoms with Crippen molar-refractivity contribution in [3.8, 4) is 55.9 Å². The first kappa shape index (κ1) is 28.5. The molecule has 3 aromatic heterocycles. The Morgan fingerprint density at radius 2 is 1.00 bits per heavy atom. The molecule has 0 aliphatic carbocycles. The summed E-state index contributed by atoms with van der Waals surface area (Å²) in [6.07, 6.45) is 0. The van der Waals surface area contributed by atoms with Crippen molar-refractivity contribution >= 4 is 54.3 Å². The minimum Gasteiger partial charge on any atom is -0.456 e. The zero-order chi connectivity index (χ0) is 33.0. The molecule has 0 atom stereocenters. The molecule has 0 aliphatic heterocycles. The highest BCUT2D eigenvalue weighted by Crippen LogP contribution is 2.42. The number of furan rings is 1. The van der Waals surface area contributed by atoms with Crippen molar-refractivity contribution < 1.29 is 4.42 Å². The Balaban J connectivity index is 1.11. The molecule has 3 heterocycles. The quantitative estimate of drug-likeness (QED) is 0.184. The third kappa shape index (κ3) is 4.77. The molecule has 0 saturated heterocycles. The van der Waals surface area contributed by atoms with Gasteiger partial charge in [0.05, 0.1) is 10.2 Å². The summed E-state index contributed by atoms with van der Waals surface area (Å²) in [6, 6.07) is 53.9. The fourth-order valence-electron chi connectivity index (χ4n) is 6.80. The molecule has 0 aliphatic rings. The minimum absolute atomic E-state index is 0.636. The summed E-state index contributed by atoms with van der Waals surface area (Å²) in [7, 11) is 0. The molecular weight excluding hydrogens is 633 g/mol. The van der Waals surface area contributed by atoms with Crippen molar-refractivity contribution in [1.82, 2.24) is 19.9 Å². The van der Waals surface area contributed by atoms with Crippen LogP contribution < -0.4 is 0 Å². The van der Waals surface area contributed by atoms with Crippen LogP contribution in [0.15, 0.2) is 162 Å². The Labute approximate surface area is 291 Å². The van der Waals surface area contributed by atoms with Gasteiger partial charge in [-0.2, -0.15) is 0 Å². The zero-order valence-corrected chi connectivity index (χ0v) is 27.4. The second-order valence-electron chi connectivity index (χ2n) is 12.2. The van der Waals surface area contributed by atoms with Crippen molar-refractivity contribution in [2.45, 2.75) is 0 Å². The number of rotatable bonds is 5. The summed E-state index contributed by atoms with van der Waals surface area (Å²) < 4.78 is 7.65. The second-order valence-corrected chi connectivity index (χ2v) is 13.2. The van der Waals surface area contributed by atoms with E-state index in [9.17, 15) is 0 Å². The Hall–Kier alpha value is -6.50. The number of hydrogen-bond donors (Lipinski definition) is 0. The Kier molecular flexibility index (Phi) is 6.60. The highest BCUT2D eigenvalue weighted by molar-refractivity contribution is 7.22. The summed E-state index contributed by atoms with van der Waals surface area (Å²) in [5.41, 5.74) is 8.86. The molecular formula is C44H26N4OS. The normalized spacial score (nSPS) is 11.6. The van der Waals surface area contributed by atoms with E-state index in [-0.39, 0.29) is 0 Å². The summed E-state index contributed by atoms with van der Waals surface area (Å²) >= 11 is 1.71. The molecule has 0 fully saturated rings. The maximum atomic E-state index is 6.51. The van der Waals surface area contributed by atoms with Crippen LogP contribution in [0, 0.1) is 0 Å². The molecule has 0 spiro atoms. The van der Waals surface area contributed by atoms with Gasteiger partial charge in [-0.3, -0.25) is 0 Å². The van der Waals surface area contributed by atoms with E-state index in [0.29, 0.717) is 17.5 Å². The maximum Gasteiger partial charge on any atom is 0.164 e. The predicted octanol–water partition coefficient (Wildman–Crippen LogP) is 11.9. The topological polar surface area (TPSA) is 64.7 Å². The monoisotopic (exact) mass is 658 g/mol. The van der Waals surface area contributed by atoms with Crippen molar-refractivity contribution in [2.24, 2.45) is 0 Å². The molecule has 0 bridgehead atoms. The van der Waals surface area contributed by atoms with Gasteiger partial charge in [-0.1, -0.05) is 133 Å². The molecule has 0 unspecified atom stereocenters. The molecule has 10 aromatic rings. The van der Waals surface area contributed by atoms with Crippen LogP contribution >= 0.6 is 11.3 Å². The summed E-state index contributed by atoms with van der Waals surface area (Å²) in [4.78, 5) is 19.9. The smallest absolute Gasteiger partial charge is 0.164 e. The van der Waals surface area contributed by atoms with Crippen LogP contribution in [0.5, 0.6) is 0 Å². The lowest BCUT2D eigenvalue weighted by Crippen LogP contribution is -2.00. The Bertz CT molecular complexity index is 2810. The van der Waals surface area contributed by atoms with Crippen LogP contribution in [0.1, 0.15) is 0 Å². The molecule has 5 nitrogen and oxygen atoms in total. The first-order valence-corrected chi connectivity index (χ1v) is 17.3. The van der Waals surface area contributed by atoms with Gasteiger partial charge in [0, 0.05) is 33.0 Å². The van der Waals surface area contributed by atoms with E-state index in [1.165, 1.54) is 0 Å². The van der Waals surface area contributed by atoms with Gasteiger partial charge in [0.1, 0.15) is 16.2 Å². The Morgan fingerprint density at radius 3 is 1.68 bits per heavy atom. The molecule has 7 aromatic carbocycles. The van der Waals surface area contributed by atoms with Gasteiger partial charge in [-0.25, -0.2) is 19.9 Å². The van der Waals surface area contributed by atoms with E-state index in [1.54, 1.807) is 11.3 Å². The number of thiazole rings is 1. The Morgan fingerprint density at radius 1 is 0.400 bits per heavy atom. The minimum atomic E-state index is 0.636. The molecule has 0 amide bonds. The third-order valence-corrected chi connectivity index (χ3v) is 10.3. The molecule has 6 heteroatoms. The van der Waals surface area contributed by atoms with E-state index in [4.69, 9.17) is 24.4 Å². The van der Waals surface area contributed by atoms with Gasteiger partial charge in [0.25, 0.3) is 0 Å². The van der Waals surface area contributed by atoms with E-state index >= 15 is 0 Å². The molecule has 0 saturated carbocycles. The van der Waals surface area contributed by atoms with Gasteiger partial charge in [-0.15, -0.1) is 11.3 Å².